The molecule has 0 saturated heterocycles. The minimum Gasteiger partial charge on any atom is -0.120 e. The van der Waals surface area contributed by atoms with E-state index in [-0.39, 0.29) is 0 Å². The van der Waals surface area contributed by atoms with Crippen LogP contribution in [-0.2, 0) is 0 Å². The molecular formula is C10H14. The third kappa shape index (κ3) is 0.770. The summed E-state index contributed by atoms with van der Waals surface area (Å²) in [7, 11) is 0. The molecule has 0 heteroatoms. The summed E-state index contributed by atoms with van der Waals surface area (Å²) in [5.41, 5.74) is 0.624. The van der Waals surface area contributed by atoms with Gasteiger partial charge in [0.25, 0.3) is 0 Å². The zero-order valence-corrected chi connectivity index (χ0v) is 6.40. The van der Waals surface area contributed by atoms with Crippen LogP contribution in [0.2, 0.25) is 0 Å². The third-order valence-electron chi connectivity index (χ3n) is 3.36. The largest absolute Gasteiger partial charge is 0.120 e. The first-order chi connectivity index (χ1) is 4.85. The van der Waals surface area contributed by atoms with Gasteiger partial charge in [0.1, 0.15) is 0 Å². The maximum atomic E-state index is 5.34. The summed E-state index contributed by atoms with van der Waals surface area (Å²) < 4.78 is 0. The smallest absolute Gasteiger partial charge is 0.0143 e. The zero-order chi connectivity index (χ0) is 7.03. The molecule has 0 atom stereocenters. The molecule has 0 radical (unpaired) electrons. The summed E-state index contributed by atoms with van der Waals surface area (Å²) in [5.74, 6) is 3.88. The van der Waals surface area contributed by atoms with E-state index in [1.165, 1.54) is 32.1 Å². The van der Waals surface area contributed by atoms with Crippen LogP contribution in [0.4, 0.5) is 0 Å². The Morgan fingerprint density at radius 1 is 1.40 bits per heavy atom. The standard InChI is InChI=1S/C10H14/c1-2-5-10-6-3-9(8-10)4-7-10/h1,9H,3-8H2. The number of terminal acetylenes is 1. The van der Waals surface area contributed by atoms with Gasteiger partial charge in [-0.1, -0.05) is 0 Å². The van der Waals surface area contributed by atoms with Gasteiger partial charge in [-0.15, -0.1) is 12.3 Å². The number of hydrogen-bond acceptors (Lipinski definition) is 0. The highest BCUT2D eigenvalue weighted by Crippen LogP contribution is 2.55. The molecule has 2 aliphatic rings. The lowest BCUT2D eigenvalue weighted by atomic mass is 9.82. The minimum atomic E-state index is 0.624. The quantitative estimate of drug-likeness (QED) is 0.483. The number of hydrogen-bond donors (Lipinski definition) is 0. The van der Waals surface area contributed by atoms with Crippen molar-refractivity contribution in [3.05, 3.63) is 0 Å². The highest BCUT2D eigenvalue weighted by molar-refractivity contribution is 5.02. The average Bonchev–Trinajstić information content (AvgIpc) is 2.46. The van der Waals surface area contributed by atoms with Gasteiger partial charge in [0.05, 0.1) is 0 Å². The van der Waals surface area contributed by atoms with Gasteiger partial charge in [-0.2, -0.15) is 0 Å². The fourth-order valence-electron chi connectivity index (χ4n) is 2.78. The van der Waals surface area contributed by atoms with Crippen molar-refractivity contribution in [3.8, 4) is 12.3 Å². The van der Waals surface area contributed by atoms with Gasteiger partial charge in [0.15, 0.2) is 0 Å². The topological polar surface area (TPSA) is 0 Å². The van der Waals surface area contributed by atoms with E-state index in [2.05, 4.69) is 5.92 Å². The molecule has 2 aliphatic carbocycles. The summed E-state index contributed by atoms with van der Waals surface area (Å²) in [6.45, 7) is 0. The van der Waals surface area contributed by atoms with Crippen LogP contribution in [0.5, 0.6) is 0 Å². The van der Waals surface area contributed by atoms with Gasteiger partial charge < -0.3 is 0 Å². The molecular weight excluding hydrogens is 120 g/mol. The predicted molar refractivity (Wildman–Crippen MR) is 42.5 cm³/mol. The maximum Gasteiger partial charge on any atom is 0.0143 e. The monoisotopic (exact) mass is 134 g/mol. The van der Waals surface area contributed by atoms with Gasteiger partial charge in [-0.05, 0) is 43.4 Å². The van der Waals surface area contributed by atoms with Crippen LogP contribution in [0.25, 0.3) is 0 Å². The van der Waals surface area contributed by atoms with Crippen LogP contribution in [0.15, 0.2) is 0 Å². The SMILES string of the molecule is C#CCC12CCC(CC1)C2. The molecule has 0 nitrogen and oxygen atoms in total. The Morgan fingerprint density at radius 2 is 2.10 bits per heavy atom. The van der Waals surface area contributed by atoms with Crippen molar-refractivity contribution in [1.29, 1.82) is 0 Å². The maximum absolute atomic E-state index is 5.34. The Kier molecular flexibility index (Phi) is 1.27. The number of fused-ring (bicyclic) bond motifs is 2. The van der Waals surface area contributed by atoms with E-state index in [0.717, 1.165) is 12.3 Å². The molecule has 0 spiro atoms. The van der Waals surface area contributed by atoms with Crippen molar-refractivity contribution < 1.29 is 0 Å². The molecule has 10 heavy (non-hydrogen) atoms. The first-order valence-corrected chi connectivity index (χ1v) is 4.28. The second-order valence-electron chi connectivity index (χ2n) is 4.03. The van der Waals surface area contributed by atoms with Gasteiger partial charge in [-0.25, -0.2) is 0 Å². The van der Waals surface area contributed by atoms with Crippen molar-refractivity contribution in [2.75, 3.05) is 0 Å². The molecule has 0 aliphatic heterocycles. The molecule has 0 aromatic carbocycles. The van der Waals surface area contributed by atoms with E-state index in [1.807, 2.05) is 0 Å². The first-order valence-electron chi connectivity index (χ1n) is 4.28. The molecule has 0 aromatic heterocycles. The van der Waals surface area contributed by atoms with E-state index in [4.69, 9.17) is 6.42 Å². The normalized spacial score (nSPS) is 43.7. The van der Waals surface area contributed by atoms with Crippen LogP contribution in [0.1, 0.15) is 38.5 Å². The number of rotatable bonds is 1. The van der Waals surface area contributed by atoms with E-state index in [9.17, 15) is 0 Å². The van der Waals surface area contributed by atoms with Crippen LogP contribution >= 0.6 is 0 Å². The third-order valence-corrected chi connectivity index (χ3v) is 3.36. The van der Waals surface area contributed by atoms with Crippen molar-refractivity contribution in [2.45, 2.75) is 38.5 Å². The van der Waals surface area contributed by atoms with Crippen molar-refractivity contribution in [2.24, 2.45) is 11.3 Å². The van der Waals surface area contributed by atoms with Crippen LogP contribution in [0, 0.1) is 23.7 Å². The summed E-state index contributed by atoms with van der Waals surface area (Å²) in [4.78, 5) is 0. The average molecular weight is 134 g/mol. The highest BCUT2D eigenvalue weighted by Gasteiger charge is 2.43. The molecule has 2 bridgehead atoms. The van der Waals surface area contributed by atoms with E-state index in [0.29, 0.717) is 5.41 Å². The van der Waals surface area contributed by atoms with Crippen molar-refractivity contribution in [1.82, 2.24) is 0 Å². The predicted octanol–water partition coefficient (Wildman–Crippen LogP) is 2.59. The zero-order valence-electron chi connectivity index (χ0n) is 6.40. The molecule has 0 heterocycles. The molecule has 2 rings (SSSR count). The summed E-state index contributed by atoms with van der Waals surface area (Å²) in [6.07, 6.45) is 13.6. The molecule has 0 N–H and O–H groups in total. The Hall–Kier alpha value is -0.440. The molecule has 2 saturated carbocycles. The van der Waals surface area contributed by atoms with Gasteiger partial charge in [0.2, 0.25) is 0 Å². The summed E-state index contributed by atoms with van der Waals surface area (Å²) in [6, 6.07) is 0. The van der Waals surface area contributed by atoms with E-state index >= 15 is 0 Å². The molecule has 54 valence electrons. The molecule has 0 amide bonds. The lowest BCUT2D eigenvalue weighted by Gasteiger charge is -2.23. The fraction of sp³-hybridized carbons (Fsp3) is 0.800. The van der Waals surface area contributed by atoms with Crippen molar-refractivity contribution >= 4 is 0 Å². The fourth-order valence-corrected chi connectivity index (χ4v) is 2.78. The minimum absolute atomic E-state index is 0.624. The second kappa shape index (κ2) is 2.02. The Bertz CT molecular complexity index is 165. The second-order valence-corrected chi connectivity index (χ2v) is 4.03. The van der Waals surface area contributed by atoms with Crippen LogP contribution in [-0.4, -0.2) is 0 Å². The lowest BCUT2D eigenvalue weighted by molar-refractivity contribution is 0.304. The van der Waals surface area contributed by atoms with E-state index < -0.39 is 0 Å². The van der Waals surface area contributed by atoms with Gasteiger partial charge in [-0.3, -0.25) is 0 Å². The van der Waals surface area contributed by atoms with Crippen LogP contribution in [0.3, 0.4) is 0 Å². The molecule has 2 fully saturated rings. The Balaban J connectivity index is 2.10. The molecule has 0 aromatic rings. The van der Waals surface area contributed by atoms with Gasteiger partial charge >= 0.3 is 0 Å². The summed E-state index contributed by atoms with van der Waals surface area (Å²) in [5, 5.41) is 0. The first kappa shape index (κ1) is 6.28. The van der Waals surface area contributed by atoms with Crippen molar-refractivity contribution in [3.63, 3.8) is 0 Å². The Morgan fingerprint density at radius 3 is 2.50 bits per heavy atom. The van der Waals surface area contributed by atoms with Crippen LogP contribution < -0.4 is 0 Å². The lowest BCUT2D eigenvalue weighted by Crippen LogP contribution is -2.12. The van der Waals surface area contributed by atoms with E-state index in [1.54, 1.807) is 0 Å². The van der Waals surface area contributed by atoms with Gasteiger partial charge in [0, 0.05) is 6.42 Å². The summed E-state index contributed by atoms with van der Waals surface area (Å²) >= 11 is 0. The molecule has 0 unspecified atom stereocenters. The highest BCUT2D eigenvalue weighted by atomic mass is 14.5. The Labute approximate surface area is 63.0 Å².